The number of halogens is 2. The number of hydrogen-bond donors (Lipinski definition) is 0. The van der Waals surface area contributed by atoms with Gasteiger partial charge in [-0.25, -0.2) is 13.2 Å². The van der Waals surface area contributed by atoms with E-state index in [1.807, 2.05) is 0 Å². The Morgan fingerprint density at radius 1 is 1.21 bits per heavy atom. The number of hydrazone groups is 1. The number of anilines is 1. The molecule has 1 aliphatic heterocycles. The SMILES string of the molecule is CCOC(=O)C1=NN(c2c(C)cc(S(=O)(=O)[O-])cc2Cl)C(=O)C1N=Nc1c(C)cccc1Cl.[Na+]. The minimum absolute atomic E-state index is 0. The minimum Gasteiger partial charge on any atom is -0.744 e. The molecule has 0 bridgehead atoms. The second-order valence-electron chi connectivity index (χ2n) is 6.90. The number of ether oxygens (including phenoxy) is 1. The monoisotopic (exact) mass is 534 g/mol. The number of rotatable bonds is 6. The molecular formula is C20H17Cl2N4NaO6S. The molecule has 14 heteroatoms. The van der Waals surface area contributed by atoms with Gasteiger partial charge in [0.2, 0.25) is 6.04 Å². The van der Waals surface area contributed by atoms with E-state index in [1.165, 1.54) is 6.92 Å². The summed E-state index contributed by atoms with van der Waals surface area (Å²) in [7, 11) is -4.79. The van der Waals surface area contributed by atoms with E-state index in [2.05, 4.69) is 15.3 Å². The van der Waals surface area contributed by atoms with E-state index in [0.29, 0.717) is 16.3 Å². The van der Waals surface area contributed by atoms with Crippen molar-refractivity contribution in [3.63, 3.8) is 0 Å². The van der Waals surface area contributed by atoms with Gasteiger partial charge in [0.1, 0.15) is 15.8 Å². The Kier molecular flexibility index (Phi) is 9.39. The Bertz CT molecular complexity index is 1270. The van der Waals surface area contributed by atoms with Crippen molar-refractivity contribution in [3.05, 3.63) is 51.5 Å². The van der Waals surface area contributed by atoms with Gasteiger partial charge in [-0.05, 0) is 50.1 Å². The van der Waals surface area contributed by atoms with E-state index >= 15 is 0 Å². The van der Waals surface area contributed by atoms with Crippen LogP contribution < -0.4 is 34.6 Å². The summed E-state index contributed by atoms with van der Waals surface area (Å²) >= 11 is 12.3. The van der Waals surface area contributed by atoms with Crippen molar-refractivity contribution < 1.29 is 56.9 Å². The molecule has 1 atom stereocenters. The average molecular weight is 535 g/mol. The molecule has 1 heterocycles. The van der Waals surface area contributed by atoms with Gasteiger partial charge in [0.05, 0.1) is 27.2 Å². The van der Waals surface area contributed by atoms with Crippen molar-refractivity contribution in [2.75, 3.05) is 11.6 Å². The molecule has 0 saturated carbocycles. The third-order valence-electron chi connectivity index (χ3n) is 4.58. The summed E-state index contributed by atoms with van der Waals surface area (Å²) in [6.45, 7) is 4.79. The van der Waals surface area contributed by atoms with Crippen molar-refractivity contribution in [2.45, 2.75) is 31.7 Å². The van der Waals surface area contributed by atoms with E-state index in [0.717, 1.165) is 17.1 Å². The molecular weight excluding hydrogens is 518 g/mol. The smallest absolute Gasteiger partial charge is 0.744 e. The molecule has 1 unspecified atom stereocenters. The Morgan fingerprint density at radius 2 is 1.88 bits per heavy atom. The van der Waals surface area contributed by atoms with Crippen LogP contribution in [0.4, 0.5) is 11.4 Å². The predicted molar refractivity (Wildman–Crippen MR) is 120 cm³/mol. The zero-order chi connectivity index (χ0) is 24.5. The van der Waals surface area contributed by atoms with E-state index in [-0.39, 0.29) is 58.1 Å². The van der Waals surface area contributed by atoms with Crippen LogP contribution in [0, 0.1) is 13.8 Å². The van der Waals surface area contributed by atoms with Crippen LogP contribution in [-0.2, 0) is 24.4 Å². The second kappa shape index (κ2) is 11.3. The summed E-state index contributed by atoms with van der Waals surface area (Å²) in [5, 5.41) is 13.0. The van der Waals surface area contributed by atoms with Crippen LogP contribution in [0.3, 0.4) is 0 Å². The Labute approximate surface area is 228 Å². The zero-order valence-corrected chi connectivity index (χ0v) is 22.9. The fourth-order valence-electron chi connectivity index (χ4n) is 3.05. The first-order valence-electron chi connectivity index (χ1n) is 9.47. The van der Waals surface area contributed by atoms with E-state index in [4.69, 9.17) is 27.9 Å². The number of amides is 1. The maximum absolute atomic E-state index is 13.2. The Hall–Kier alpha value is -1.86. The fourth-order valence-corrected chi connectivity index (χ4v) is 4.30. The Morgan fingerprint density at radius 3 is 2.44 bits per heavy atom. The molecule has 1 aliphatic rings. The molecule has 0 saturated heterocycles. The van der Waals surface area contributed by atoms with Crippen molar-refractivity contribution in [1.29, 1.82) is 0 Å². The molecule has 0 fully saturated rings. The summed E-state index contributed by atoms with van der Waals surface area (Å²) in [6.07, 6.45) is 0. The average Bonchev–Trinajstić information content (AvgIpc) is 3.03. The molecule has 3 rings (SSSR count). The molecule has 0 N–H and O–H groups in total. The van der Waals surface area contributed by atoms with E-state index in [9.17, 15) is 22.6 Å². The molecule has 2 aromatic carbocycles. The van der Waals surface area contributed by atoms with Crippen LogP contribution in [-0.4, -0.2) is 43.2 Å². The Balaban J connectivity index is 0.00000408. The van der Waals surface area contributed by atoms with Crippen LogP contribution in [0.2, 0.25) is 10.0 Å². The van der Waals surface area contributed by atoms with E-state index < -0.39 is 32.9 Å². The second-order valence-corrected chi connectivity index (χ2v) is 9.10. The molecule has 2 aromatic rings. The number of hydrogen-bond acceptors (Lipinski definition) is 9. The van der Waals surface area contributed by atoms with Crippen LogP contribution in [0.25, 0.3) is 0 Å². The molecule has 0 spiro atoms. The van der Waals surface area contributed by atoms with Crippen molar-refractivity contribution in [1.82, 2.24) is 0 Å². The number of carbonyl (C=O) groups excluding carboxylic acids is 2. The fraction of sp³-hybridized carbons (Fsp3) is 0.250. The number of aryl methyl sites for hydroxylation is 2. The van der Waals surface area contributed by atoms with Gasteiger partial charge in [-0.15, -0.1) is 0 Å². The first-order chi connectivity index (χ1) is 15.5. The van der Waals surface area contributed by atoms with Gasteiger partial charge < -0.3 is 9.29 Å². The maximum atomic E-state index is 13.2. The maximum Gasteiger partial charge on any atom is 1.00 e. The van der Waals surface area contributed by atoms with Crippen LogP contribution in [0.5, 0.6) is 0 Å². The van der Waals surface area contributed by atoms with Gasteiger partial charge in [-0.3, -0.25) is 4.79 Å². The number of benzene rings is 2. The first kappa shape index (κ1) is 28.4. The predicted octanol–water partition coefficient (Wildman–Crippen LogP) is 0.937. The molecule has 0 aromatic heterocycles. The number of nitrogens with zero attached hydrogens (tertiary/aromatic N) is 4. The molecule has 0 aliphatic carbocycles. The van der Waals surface area contributed by atoms with Crippen LogP contribution in [0.15, 0.2) is 50.6 Å². The zero-order valence-electron chi connectivity index (χ0n) is 18.6. The third kappa shape index (κ3) is 5.85. The number of azo groups is 1. The third-order valence-corrected chi connectivity index (χ3v) is 5.99. The van der Waals surface area contributed by atoms with Crippen molar-refractivity contribution in [2.24, 2.45) is 15.3 Å². The van der Waals surface area contributed by atoms with Crippen LogP contribution >= 0.6 is 23.2 Å². The van der Waals surface area contributed by atoms with Crippen molar-refractivity contribution in [3.8, 4) is 0 Å². The summed E-state index contributed by atoms with van der Waals surface area (Å²) < 4.78 is 39.0. The molecule has 174 valence electrons. The summed E-state index contributed by atoms with van der Waals surface area (Å²) in [6, 6.07) is 5.57. The minimum atomic E-state index is -4.79. The van der Waals surface area contributed by atoms with Gasteiger partial charge in [-0.2, -0.15) is 20.3 Å². The molecule has 34 heavy (non-hydrogen) atoms. The first-order valence-corrected chi connectivity index (χ1v) is 11.6. The quantitative estimate of drug-likeness (QED) is 0.233. The van der Waals surface area contributed by atoms with Crippen molar-refractivity contribution >= 4 is 62.3 Å². The summed E-state index contributed by atoms with van der Waals surface area (Å²) in [4.78, 5) is 25.1. The largest absolute Gasteiger partial charge is 1.00 e. The van der Waals surface area contributed by atoms with Gasteiger partial charge in [0, 0.05) is 0 Å². The summed E-state index contributed by atoms with van der Waals surface area (Å²) in [5.74, 6) is -1.67. The van der Waals surface area contributed by atoms with Gasteiger partial charge in [0.15, 0.2) is 5.71 Å². The normalized spacial score (nSPS) is 15.9. The number of esters is 1. The van der Waals surface area contributed by atoms with E-state index in [1.54, 1.807) is 32.0 Å². The topological polar surface area (TPSA) is 141 Å². The van der Waals surface area contributed by atoms with Gasteiger partial charge in [0.25, 0.3) is 5.91 Å². The standard InChI is InChI=1S/C20H18Cl2N4O6S.Na/c1-4-32-20(28)17-16(24-23-15-10(2)6-5-7-13(15)21)19(27)26(25-17)18-11(3)8-12(9-14(18)22)33(29,30)31;/h5-9,16H,4H2,1-3H3,(H,29,30,31);/q;+1/p-1. The summed E-state index contributed by atoms with van der Waals surface area (Å²) in [5.41, 5.74) is 0.815. The number of carbonyl (C=O) groups is 2. The van der Waals surface area contributed by atoms with Gasteiger partial charge >= 0.3 is 35.5 Å². The molecule has 1 amide bonds. The van der Waals surface area contributed by atoms with Crippen LogP contribution in [0.1, 0.15) is 18.1 Å². The molecule has 0 radical (unpaired) electrons. The van der Waals surface area contributed by atoms with Gasteiger partial charge in [-0.1, -0.05) is 35.3 Å². The molecule has 10 nitrogen and oxygen atoms in total.